The zero-order valence-electron chi connectivity index (χ0n) is 13.3. The number of imidazole rings is 1. The first-order valence-corrected chi connectivity index (χ1v) is 7.94. The zero-order chi connectivity index (χ0) is 16.1. The van der Waals surface area contributed by atoms with E-state index in [-0.39, 0.29) is 5.91 Å². The highest BCUT2D eigenvalue weighted by Gasteiger charge is 2.04. The third-order valence-corrected chi connectivity index (χ3v) is 3.91. The summed E-state index contributed by atoms with van der Waals surface area (Å²) in [7, 11) is 0. The summed E-state index contributed by atoms with van der Waals surface area (Å²) in [4.78, 5) is 16.3. The van der Waals surface area contributed by atoms with Crippen molar-refractivity contribution in [1.82, 2.24) is 14.9 Å². The molecule has 3 rings (SSSR count). The topological polar surface area (TPSA) is 46.9 Å². The number of rotatable bonds is 6. The van der Waals surface area contributed by atoms with Crippen molar-refractivity contribution in [3.8, 4) is 0 Å². The fourth-order valence-corrected chi connectivity index (χ4v) is 2.62. The summed E-state index contributed by atoms with van der Waals surface area (Å²) in [5.41, 5.74) is 4.41. The fraction of sp³-hybridized carbons (Fsp3) is 0.263. The van der Waals surface area contributed by atoms with E-state index >= 15 is 0 Å². The highest BCUT2D eigenvalue weighted by atomic mass is 16.1. The number of aromatic nitrogens is 2. The minimum Gasteiger partial charge on any atom is -0.356 e. The average Bonchev–Trinajstić information content (AvgIpc) is 2.97. The Hall–Kier alpha value is -2.62. The molecule has 0 unspecified atom stereocenters. The molecule has 23 heavy (non-hydrogen) atoms. The van der Waals surface area contributed by atoms with Crippen molar-refractivity contribution in [3.05, 3.63) is 66.0 Å². The van der Waals surface area contributed by atoms with E-state index in [0.717, 1.165) is 29.6 Å². The van der Waals surface area contributed by atoms with Gasteiger partial charge >= 0.3 is 0 Å². The number of benzene rings is 2. The van der Waals surface area contributed by atoms with Crippen LogP contribution in [-0.2, 0) is 17.8 Å². The quantitative estimate of drug-likeness (QED) is 0.711. The van der Waals surface area contributed by atoms with Gasteiger partial charge in [0.2, 0.25) is 5.91 Å². The number of fused-ring (bicyclic) bond motifs is 1. The van der Waals surface area contributed by atoms with Crippen molar-refractivity contribution < 1.29 is 4.79 Å². The Morgan fingerprint density at radius 3 is 2.74 bits per heavy atom. The largest absolute Gasteiger partial charge is 0.356 e. The van der Waals surface area contributed by atoms with Gasteiger partial charge in [0, 0.05) is 13.1 Å². The van der Waals surface area contributed by atoms with Crippen molar-refractivity contribution in [3.63, 3.8) is 0 Å². The van der Waals surface area contributed by atoms with Crippen LogP contribution in [-0.4, -0.2) is 22.0 Å². The second kappa shape index (κ2) is 7.09. The number of para-hydroxylation sites is 2. The molecule has 118 valence electrons. The summed E-state index contributed by atoms with van der Waals surface area (Å²) in [5.74, 6) is 0.0735. The van der Waals surface area contributed by atoms with Gasteiger partial charge in [-0.2, -0.15) is 0 Å². The van der Waals surface area contributed by atoms with Gasteiger partial charge in [0.1, 0.15) is 0 Å². The molecule has 3 aromatic rings. The zero-order valence-corrected chi connectivity index (χ0v) is 13.3. The molecule has 4 heteroatoms. The van der Waals surface area contributed by atoms with E-state index < -0.39 is 0 Å². The standard InChI is InChI=1S/C19H21N3O/c1-15-7-9-16(10-8-15)13-19(23)20-11-4-12-22-14-21-17-5-2-3-6-18(17)22/h2-3,5-10,14H,4,11-13H2,1H3,(H,20,23). The van der Waals surface area contributed by atoms with Gasteiger partial charge in [0.05, 0.1) is 23.8 Å². The molecule has 1 N–H and O–H groups in total. The molecule has 1 aromatic heterocycles. The second-order valence-electron chi connectivity index (χ2n) is 5.79. The van der Waals surface area contributed by atoms with Crippen molar-refractivity contribution in [2.24, 2.45) is 0 Å². The highest BCUT2D eigenvalue weighted by molar-refractivity contribution is 5.78. The summed E-state index contributed by atoms with van der Waals surface area (Å²) in [6.45, 7) is 3.58. The number of amides is 1. The third-order valence-electron chi connectivity index (χ3n) is 3.91. The van der Waals surface area contributed by atoms with E-state index in [1.165, 1.54) is 5.56 Å². The highest BCUT2D eigenvalue weighted by Crippen LogP contribution is 2.11. The maximum Gasteiger partial charge on any atom is 0.224 e. The van der Waals surface area contributed by atoms with E-state index in [1.807, 2.05) is 55.7 Å². The smallest absolute Gasteiger partial charge is 0.224 e. The molecule has 4 nitrogen and oxygen atoms in total. The lowest BCUT2D eigenvalue weighted by atomic mass is 10.1. The Morgan fingerprint density at radius 2 is 1.91 bits per heavy atom. The average molecular weight is 307 g/mol. The first kappa shape index (κ1) is 15.3. The van der Waals surface area contributed by atoms with Crippen LogP contribution < -0.4 is 5.32 Å². The Morgan fingerprint density at radius 1 is 1.13 bits per heavy atom. The van der Waals surface area contributed by atoms with Crippen LogP contribution in [0.25, 0.3) is 11.0 Å². The molecule has 0 aliphatic rings. The normalized spacial score (nSPS) is 10.8. The monoisotopic (exact) mass is 307 g/mol. The fourth-order valence-electron chi connectivity index (χ4n) is 2.62. The molecule has 0 bridgehead atoms. The second-order valence-corrected chi connectivity index (χ2v) is 5.79. The van der Waals surface area contributed by atoms with Crippen LogP contribution in [0.15, 0.2) is 54.9 Å². The number of hydrogen-bond donors (Lipinski definition) is 1. The molecule has 2 aromatic carbocycles. The predicted molar refractivity (Wildman–Crippen MR) is 92.2 cm³/mol. The number of nitrogens with one attached hydrogen (secondary N) is 1. The summed E-state index contributed by atoms with van der Waals surface area (Å²) < 4.78 is 2.13. The Labute approximate surface area is 136 Å². The molecule has 0 radical (unpaired) electrons. The molecular formula is C19H21N3O. The molecule has 0 atom stereocenters. The molecule has 0 spiro atoms. The maximum absolute atomic E-state index is 11.9. The summed E-state index contributed by atoms with van der Waals surface area (Å²) in [6, 6.07) is 16.2. The van der Waals surface area contributed by atoms with Crippen LogP contribution in [0.2, 0.25) is 0 Å². The van der Waals surface area contributed by atoms with Gasteiger partial charge in [0.15, 0.2) is 0 Å². The van der Waals surface area contributed by atoms with Gasteiger partial charge in [-0.25, -0.2) is 4.98 Å². The summed E-state index contributed by atoms with van der Waals surface area (Å²) >= 11 is 0. The summed E-state index contributed by atoms with van der Waals surface area (Å²) in [6.07, 6.45) is 3.19. The number of aryl methyl sites for hydroxylation is 2. The lowest BCUT2D eigenvalue weighted by molar-refractivity contribution is -0.120. The van der Waals surface area contributed by atoms with Crippen LogP contribution in [0, 0.1) is 6.92 Å². The van der Waals surface area contributed by atoms with Crippen molar-refractivity contribution in [1.29, 1.82) is 0 Å². The number of carbonyl (C=O) groups excluding carboxylic acids is 1. The molecule has 1 heterocycles. The van der Waals surface area contributed by atoms with Crippen molar-refractivity contribution in [2.45, 2.75) is 26.3 Å². The lowest BCUT2D eigenvalue weighted by Gasteiger charge is -2.07. The molecule has 0 saturated carbocycles. The Bertz CT molecular complexity index is 790. The lowest BCUT2D eigenvalue weighted by Crippen LogP contribution is -2.26. The number of carbonyl (C=O) groups is 1. The van der Waals surface area contributed by atoms with Crippen molar-refractivity contribution in [2.75, 3.05) is 6.54 Å². The van der Waals surface area contributed by atoms with E-state index in [0.29, 0.717) is 13.0 Å². The van der Waals surface area contributed by atoms with Crippen LogP contribution in [0.3, 0.4) is 0 Å². The van der Waals surface area contributed by atoms with Crippen molar-refractivity contribution >= 4 is 16.9 Å². The minimum atomic E-state index is 0.0735. The van der Waals surface area contributed by atoms with Crippen LogP contribution in [0.5, 0.6) is 0 Å². The van der Waals surface area contributed by atoms with Gasteiger partial charge in [-0.15, -0.1) is 0 Å². The van der Waals surface area contributed by atoms with E-state index in [2.05, 4.69) is 20.9 Å². The van der Waals surface area contributed by atoms with Gasteiger partial charge in [-0.1, -0.05) is 42.0 Å². The van der Waals surface area contributed by atoms with E-state index in [4.69, 9.17) is 0 Å². The van der Waals surface area contributed by atoms with Crippen LogP contribution >= 0.6 is 0 Å². The number of hydrogen-bond acceptors (Lipinski definition) is 2. The first-order chi connectivity index (χ1) is 11.2. The van der Waals surface area contributed by atoms with Gasteiger partial charge < -0.3 is 9.88 Å². The summed E-state index contributed by atoms with van der Waals surface area (Å²) in [5, 5.41) is 2.98. The van der Waals surface area contributed by atoms with Crippen LogP contribution in [0.4, 0.5) is 0 Å². The number of nitrogens with zero attached hydrogens (tertiary/aromatic N) is 2. The molecule has 0 aliphatic carbocycles. The van der Waals surface area contributed by atoms with E-state index in [1.54, 1.807) is 0 Å². The molecule has 1 amide bonds. The van der Waals surface area contributed by atoms with E-state index in [9.17, 15) is 4.79 Å². The minimum absolute atomic E-state index is 0.0735. The molecular weight excluding hydrogens is 286 g/mol. The third kappa shape index (κ3) is 3.97. The predicted octanol–water partition coefficient (Wildman–Crippen LogP) is 3.09. The molecule has 0 aliphatic heterocycles. The van der Waals surface area contributed by atoms with Gasteiger partial charge in [0.25, 0.3) is 0 Å². The first-order valence-electron chi connectivity index (χ1n) is 7.94. The molecule has 0 saturated heterocycles. The SMILES string of the molecule is Cc1ccc(CC(=O)NCCCn2cnc3ccccc32)cc1. The maximum atomic E-state index is 11.9. The molecule has 0 fully saturated rings. The van der Waals surface area contributed by atoms with Gasteiger partial charge in [-0.05, 0) is 31.0 Å². The Balaban J connectivity index is 1.44. The van der Waals surface area contributed by atoms with Crippen LogP contribution in [0.1, 0.15) is 17.5 Å². The van der Waals surface area contributed by atoms with Gasteiger partial charge in [-0.3, -0.25) is 4.79 Å². The Kier molecular flexibility index (Phi) is 4.71.